The first-order valence-corrected chi connectivity index (χ1v) is 12.0. The second kappa shape index (κ2) is 10.4. The number of hydrogen-bond acceptors (Lipinski definition) is 4. The van der Waals surface area contributed by atoms with E-state index in [1.165, 1.54) is 0 Å². The van der Waals surface area contributed by atoms with Gasteiger partial charge < -0.3 is 4.90 Å². The lowest BCUT2D eigenvalue weighted by Crippen LogP contribution is -2.31. The molecule has 3 rings (SSSR count). The standard InChI is InChI=1S/C23H29N3O3S/c1-2-17-26(18-19-11-5-3-6-12-19)22(27)15-7-4-10-16-24-23-20-13-8-9-14-21(20)30(28,29)25-23/h3,5-6,8-9,11-14H,2,4,7,10,15-18H2,1H3,(H,24,25). The topological polar surface area (TPSA) is 78.8 Å². The molecule has 0 fully saturated rings. The zero-order chi connectivity index (χ0) is 21.4. The zero-order valence-corrected chi connectivity index (χ0v) is 18.2. The van der Waals surface area contributed by atoms with Crippen LogP contribution in [0.3, 0.4) is 0 Å². The quantitative estimate of drug-likeness (QED) is 0.587. The van der Waals surface area contributed by atoms with Crippen molar-refractivity contribution in [2.24, 2.45) is 4.99 Å². The van der Waals surface area contributed by atoms with Crippen LogP contribution < -0.4 is 4.72 Å². The molecule has 2 aromatic rings. The Morgan fingerprint density at radius 2 is 1.73 bits per heavy atom. The van der Waals surface area contributed by atoms with Crippen LogP contribution in [0.25, 0.3) is 0 Å². The summed E-state index contributed by atoms with van der Waals surface area (Å²) in [5, 5.41) is 0. The average Bonchev–Trinajstić information content (AvgIpc) is 3.01. The molecule has 0 saturated heterocycles. The summed E-state index contributed by atoms with van der Waals surface area (Å²) in [5.41, 5.74) is 1.78. The minimum absolute atomic E-state index is 0.185. The molecule has 7 heteroatoms. The van der Waals surface area contributed by atoms with Crippen molar-refractivity contribution in [3.63, 3.8) is 0 Å². The van der Waals surface area contributed by atoms with Crippen molar-refractivity contribution in [3.05, 3.63) is 65.7 Å². The molecule has 1 aliphatic heterocycles. The van der Waals surface area contributed by atoms with Gasteiger partial charge in [0.1, 0.15) is 5.84 Å². The van der Waals surface area contributed by atoms with Crippen LogP contribution in [0.2, 0.25) is 0 Å². The fraction of sp³-hybridized carbons (Fsp3) is 0.391. The van der Waals surface area contributed by atoms with Gasteiger partial charge in [-0.1, -0.05) is 55.8 Å². The number of fused-ring (bicyclic) bond motifs is 1. The highest BCUT2D eigenvalue weighted by atomic mass is 32.2. The van der Waals surface area contributed by atoms with Crippen LogP contribution >= 0.6 is 0 Å². The molecule has 160 valence electrons. The number of hydrogen-bond donors (Lipinski definition) is 1. The Balaban J connectivity index is 1.43. The van der Waals surface area contributed by atoms with Crippen molar-refractivity contribution in [2.75, 3.05) is 13.1 Å². The van der Waals surface area contributed by atoms with Crippen LogP contribution in [0, 0.1) is 0 Å². The first-order valence-electron chi connectivity index (χ1n) is 10.5. The maximum atomic E-state index is 12.6. The summed E-state index contributed by atoms with van der Waals surface area (Å²) < 4.78 is 26.7. The van der Waals surface area contributed by atoms with Crippen molar-refractivity contribution in [1.29, 1.82) is 0 Å². The monoisotopic (exact) mass is 427 g/mol. The lowest BCUT2D eigenvalue weighted by Gasteiger charge is -2.22. The predicted octanol–water partition coefficient (Wildman–Crippen LogP) is 3.72. The summed E-state index contributed by atoms with van der Waals surface area (Å²) in [5.74, 6) is 0.600. The Hall–Kier alpha value is -2.67. The van der Waals surface area contributed by atoms with E-state index >= 15 is 0 Å². The Morgan fingerprint density at radius 3 is 2.50 bits per heavy atom. The van der Waals surface area contributed by atoms with E-state index in [4.69, 9.17) is 0 Å². The lowest BCUT2D eigenvalue weighted by molar-refractivity contribution is -0.132. The number of nitrogens with one attached hydrogen (secondary N) is 1. The molecule has 2 aromatic carbocycles. The van der Waals surface area contributed by atoms with Gasteiger partial charge in [-0.25, -0.2) is 8.42 Å². The van der Waals surface area contributed by atoms with Gasteiger partial charge in [0.25, 0.3) is 10.0 Å². The lowest BCUT2D eigenvalue weighted by atomic mass is 10.1. The molecule has 0 spiro atoms. The summed E-state index contributed by atoms with van der Waals surface area (Å²) in [4.78, 5) is 19.2. The highest BCUT2D eigenvalue weighted by molar-refractivity contribution is 7.90. The van der Waals surface area contributed by atoms with Crippen molar-refractivity contribution >= 4 is 21.8 Å². The predicted molar refractivity (Wildman–Crippen MR) is 119 cm³/mol. The van der Waals surface area contributed by atoms with E-state index in [9.17, 15) is 13.2 Å². The number of rotatable bonds is 10. The summed E-state index contributed by atoms with van der Waals surface area (Å²) in [6, 6.07) is 16.9. The van der Waals surface area contributed by atoms with Gasteiger partial charge in [0.15, 0.2) is 0 Å². The summed E-state index contributed by atoms with van der Waals surface area (Å²) in [7, 11) is -3.49. The van der Waals surface area contributed by atoms with Gasteiger partial charge in [-0.15, -0.1) is 0 Å². The number of sulfonamides is 1. The van der Waals surface area contributed by atoms with Gasteiger partial charge in [0.2, 0.25) is 5.91 Å². The van der Waals surface area contributed by atoms with Crippen molar-refractivity contribution in [2.45, 2.75) is 50.5 Å². The minimum Gasteiger partial charge on any atom is -0.338 e. The van der Waals surface area contributed by atoms with Crippen LogP contribution in [0.1, 0.15) is 50.2 Å². The van der Waals surface area contributed by atoms with E-state index in [0.717, 1.165) is 37.8 Å². The molecule has 1 N–H and O–H groups in total. The molecule has 0 aliphatic carbocycles. The maximum Gasteiger partial charge on any atom is 0.263 e. The number of carbonyl (C=O) groups excluding carboxylic acids is 1. The Labute approximate surface area is 179 Å². The number of nitrogens with zero attached hydrogens (tertiary/aromatic N) is 2. The second-order valence-electron chi connectivity index (χ2n) is 7.44. The van der Waals surface area contributed by atoms with Gasteiger partial charge in [0, 0.05) is 31.6 Å². The molecule has 0 bridgehead atoms. The van der Waals surface area contributed by atoms with Crippen LogP contribution in [-0.4, -0.2) is 38.2 Å². The summed E-state index contributed by atoms with van der Waals surface area (Å²) in [6.07, 6.45) is 3.96. The first-order chi connectivity index (χ1) is 14.5. The van der Waals surface area contributed by atoms with Crippen LogP contribution in [0.15, 0.2) is 64.5 Å². The van der Waals surface area contributed by atoms with Crippen LogP contribution in [0.5, 0.6) is 0 Å². The zero-order valence-electron chi connectivity index (χ0n) is 17.4. The van der Waals surface area contributed by atoms with Gasteiger partial charge in [0.05, 0.1) is 4.90 Å². The van der Waals surface area contributed by atoms with Gasteiger partial charge in [-0.2, -0.15) is 0 Å². The highest BCUT2D eigenvalue weighted by Crippen LogP contribution is 2.22. The van der Waals surface area contributed by atoms with Crippen molar-refractivity contribution in [1.82, 2.24) is 9.62 Å². The number of carbonyl (C=O) groups is 1. The molecular weight excluding hydrogens is 398 g/mol. The molecule has 0 unspecified atom stereocenters. The second-order valence-corrected chi connectivity index (χ2v) is 9.09. The number of amidine groups is 1. The molecule has 0 saturated carbocycles. The van der Waals surface area contributed by atoms with E-state index in [-0.39, 0.29) is 10.8 Å². The molecule has 1 heterocycles. The first kappa shape index (κ1) is 22.0. The smallest absolute Gasteiger partial charge is 0.263 e. The summed E-state index contributed by atoms with van der Waals surface area (Å²) in [6.45, 7) is 4.03. The van der Waals surface area contributed by atoms with E-state index in [1.54, 1.807) is 24.3 Å². The maximum absolute atomic E-state index is 12.6. The number of unbranched alkanes of at least 4 members (excludes halogenated alkanes) is 2. The number of benzene rings is 2. The minimum atomic E-state index is -3.49. The third kappa shape index (κ3) is 5.69. The molecule has 1 amide bonds. The fourth-order valence-corrected chi connectivity index (χ4v) is 4.78. The third-order valence-corrected chi connectivity index (χ3v) is 6.44. The molecule has 0 atom stereocenters. The summed E-state index contributed by atoms with van der Waals surface area (Å²) >= 11 is 0. The Kier molecular flexibility index (Phi) is 7.63. The van der Waals surface area contributed by atoms with Gasteiger partial charge >= 0.3 is 0 Å². The Morgan fingerprint density at radius 1 is 1.00 bits per heavy atom. The largest absolute Gasteiger partial charge is 0.338 e. The normalized spacial score (nSPS) is 15.6. The molecule has 0 aromatic heterocycles. The van der Waals surface area contributed by atoms with Crippen LogP contribution in [0.4, 0.5) is 0 Å². The SMILES string of the molecule is CCCN(Cc1ccccc1)C(=O)CCCCCN=C1NS(=O)(=O)c2ccccc21. The van der Waals surface area contributed by atoms with E-state index < -0.39 is 10.0 Å². The molecule has 1 aliphatic rings. The van der Waals surface area contributed by atoms with E-state index in [2.05, 4.69) is 16.6 Å². The van der Waals surface area contributed by atoms with Crippen molar-refractivity contribution in [3.8, 4) is 0 Å². The van der Waals surface area contributed by atoms with E-state index in [1.807, 2.05) is 35.2 Å². The van der Waals surface area contributed by atoms with Gasteiger partial charge in [-0.3, -0.25) is 14.5 Å². The van der Waals surface area contributed by atoms with Crippen molar-refractivity contribution < 1.29 is 13.2 Å². The number of amides is 1. The van der Waals surface area contributed by atoms with Crippen LogP contribution in [-0.2, 0) is 21.4 Å². The molecular formula is C23H29N3O3S. The average molecular weight is 428 g/mol. The molecule has 6 nitrogen and oxygen atoms in total. The van der Waals surface area contributed by atoms with E-state index in [0.29, 0.717) is 30.9 Å². The fourth-order valence-electron chi connectivity index (χ4n) is 3.53. The van der Waals surface area contributed by atoms with Gasteiger partial charge in [-0.05, 0) is 37.0 Å². The number of aliphatic imine (C=N–C) groups is 1. The Bertz CT molecular complexity index is 988. The molecule has 30 heavy (non-hydrogen) atoms. The third-order valence-electron chi connectivity index (χ3n) is 5.04. The highest BCUT2D eigenvalue weighted by Gasteiger charge is 2.29. The molecule has 0 radical (unpaired) electrons.